The number of nitrogens with zero attached hydrogens (tertiary/aromatic N) is 2. The van der Waals surface area contributed by atoms with Crippen LogP contribution in [0, 0.1) is 6.92 Å². The zero-order valence-electron chi connectivity index (χ0n) is 23.8. The topological polar surface area (TPSA) is 96.0 Å². The van der Waals surface area contributed by atoms with Crippen LogP contribution in [-0.2, 0) is 26.2 Å². The highest BCUT2D eigenvalue weighted by Crippen LogP contribution is 2.26. The Labute approximate surface area is 238 Å². The van der Waals surface area contributed by atoms with E-state index in [0.29, 0.717) is 18.0 Å². The molecule has 0 aliphatic heterocycles. The average molecular weight is 566 g/mol. The first-order valence-electron chi connectivity index (χ1n) is 13.5. The summed E-state index contributed by atoms with van der Waals surface area (Å²) in [5, 5.41) is 2.94. The minimum Gasteiger partial charge on any atom is -0.494 e. The van der Waals surface area contributed by atoms with Crippen LogP contribution in [0.25, 0.3) is 0 Å². The van der Waals surface area contributed by atoms with Gasteiger partial charge in [-0.15, -0.1) is 0 Å². The molecule has 8 nitrogen and oxygen atoms in total. The van der Waals surface area contributed by atoms with E-state index in [1.165, 1.54) is 17.0 Å². The average Bonchev–Trinajstić information content (AvgIpc) is 2.95. The SMILES string of the molecule is CCOc1ccc(S(=O)(=O)N(CC(=O)N(Cc2ccc(C)cc2)[C@H](C)C(=O)N[C@@H](C)CC)c2ccccc2)cc1. The summed E-state index contributed by atoms with van der Waals surface area (Å²) in [7, 11) is -4.13. The lowest BCUT2D eigenvalue weighted by atomic mass is 10.1. The van der Waals surface area contributed by atoms with E-state index in [1.54, 1.807) is 49.4 Å². The molecule has 0 saturated carbocycles. The number of carbonyl (C=O) groups excluding carboxylic acids is 2. The van der Waals surface area contributed by atoms with Gasteiger partial charge in [0.2, 0.25) is 11.8 Å². The van der Waals surface area contributed by atoms with E-state index in [1.807, 2.05) is 52.0 Å². The number of aryl methyl sites for hydroxylation is 1. The monoisotopic (exact) mass is 565 g/mol. The molecule has 2 atom stereocenters. The molecule has 0 heterocycles. The Hall–Kier alpha value is -3.85. The lowest BCUT2D eigenvalue weighted by Crippen LogP contribution is -2.52. The highest BCUT2D eigenvalue weighted by atomic mass is 32.2. The fourth-order valence-electron chi connectivity index (χ4n) is 4.06. The van der Waals surface area contributed by atoms with E-state index >= 15 is 0 Å². The number of carbonyl (C=O) groups is 2. The Morgan fingerprint density at radius 3 is 2.10 bits per heavy atom. The van der Waals surface area contributed by atoms with Gasteiger partial charge in [-0.3, -0.25) is 13.9 Å². The van der Waals surface area contributed by atoms with Crippen molar-refractivity contribution in [2.24, 2.45) is 0 Å². The molecule has 0 aliphatic carbocycles. The highest BCUT2D eigenvalue weighted by Gasteiger charge is 2.32. The summed E-state index contributed by atoms with van der Waals surface area (Å²) in [5.74, 6) is -0.240. The Balaban J connectivity index is 1.98. The maximum absolute atomic E-state index is 13.9. The zero-order valence-corrected chi connectivity index (χ0v) is 24.6. The van der Waals surface area contributed by atoms with Crippen LogP contribution in [0.5, 0.6) is 5.75 Å². The molecule has 3 aromatic rings. The summed E-state index contributed by atoms with van der Waals surface area (Å²) >= 11 is 0. The Kier molecular flexibility index (Phi) is 10.7. The van der Waals surface area contributed by atoms with E-state index in [4.69, 9.17) is 4.74 Å². The number of anilines is 1. The lowest BCUT2D eigenvalue weighted by Gasteiger charge is -2.32. The van der Waals surface area contributed by atoms with Gasteiger partial charge in [0.1, 0.15) is 18.3 Å². The van der Waals surface area contributed by atoms with Crippen LogP contribution in [0.4, 0.5) is 5.69 Å². The molecule has 0 aromatic heterocycles. The first-order valence-corrected chi connectivity index (χ1v) is 15.0. The fourth-order valence-corrected chi connectivity index (χ4v) is 5.48. The van der Waals surface area contributed by atoms with Crippen LogP contribution >= 0.6 is 0 Å². The summed E-state index contributed by atoms with van der Waals surface area (Å²) in [5.41, 5.74) is 2.25. The number of para-hydroxylation sites is 1. The molecule has 9 heteroatoms. The van der Waals surface area contributed by atoms with Crippen LogP contribution in [0.3, 0.4) is 0 Å². The molecular weight excluding hydrogens is 526 g/mol. The zero-order chi connectivity index (χ0) is 29.3. The van der Waals surface area contributed by atoms with Gasteiger partial charge in [-0.2, -0.15) is 0 Å². The second-order valence-corrected chi connectivity index (χ2v) is 11.6. The Morgan fingerprint density at radius 2 is 1.52 bits per heavy atom. The van der Waals surface area contributed by atoms with Crippen molar-refractivity contribution in [1.82, 2.24) is 10.2 Å². The number of nitrogens with one attached hydrogen (secondary N) is 1. The molecule has 2 amide bonds. The van der Waals surface area contributed by atoms with Gasteiger partial charge in [0, 0.05) is 12.6 Å². The van der Waals surface area contributed by atoms with Gasteiger partial charge in [-0.1, -0.05) is 55.0 Å². The van der Waals surface area contributed by atoms with E-state index in [-0.39, 0.29) is 23.4 Å². The minimum absolute atomic E-state index is 0.0280. The van der Waals surface area contributed by atoms with Gasteiger partial charge in [-0.05, 0) is 76.1 Å². The van der Waals surface area contributed by atoms with Crippen LogP contribution in [0.15, 0.2) is 83.8 Å². The number of ether oxygens (including phenoxy) is 1. The van der Waals surface area contributed by atoms with Crippen molar-refractivity contribution < 1.29 is 22.7 Å². The molecule has 40 heavy (non-hydrogen) atoms. The third-order valence-electron chi connectivity index (χ3n) is 6.69. The predicted molar refractivity (Wildman–Crippen MR) is 158 cm³/mol. The molecule has 0 saturated heterocycles. The van der Waals surface area contributed by atoms with Gasteiger partial charge < -0.3 is 15.0 Å². The fraction of sp³-hybridized carbons (Fsp3) is 0.355. The second kappa shape index (κ2) is 14.0. The molecule has 0 fully saturated rings. The molecule has 0 bridgehead atoms. The summed E-state index contributed by atoms with van der Waals surface area (Å²) < 4.78 is 34.3. The molecule has 0 aliphatic rings. The van der Waals surface area contributed by atoms with Crippen molar-refractivity contribution >= 4 is 27.5 Å². The van der Waals surface area contributed by atoms with E-state index in [2.05, 4.69) is 5.32 Å². The molecule has 3 aromatic carbocycles. The third-order valence-corrected chi connectivity index (χ3v) is 8.48. The van der Waals surface area contributed by atoms with Crippen LogP contribution < -0.4 is 14.4 Å². The normalized spacial score (nSPS) is 12.7. The number of hydrogen-bond acceptors (Lipinski definition) is 5. The Morgan fingerprint density at radius 1 is 0.900 bits per heavy atom. The maximum atomic E-state index is 13.9. The summed E-state index contributed by atoms with van der Waals surface area (Å²) in [4.78, 5) is 28.5. The summed E-state index contributed by atoms with van der Waals surface area (Å²) in [6.07, 6.45) is 0.743. The summed E-state index contributed by atoms with van der Waals surface area (Å²) in [6.45, 7) is 9.48. The molecular formula is C31H39N3O5S. The quantitative estimate of drug-likeness (QED) is 0.317. The first kappa shape index (κ1) is 30.7. The van der Waals surface area contributed by atoms with Gasteiger partial charge in [-0.25, -0.2) is 8.42 Å². The smallest absolute Gasteiger partial charge is 0.264 e. The second-order valence-electron chi connectivity index (χ2n) is 9.75. The number of benzene rings is 3. The molecule has 3 rings (SSSR count). The molecule has 0 unspecified atom stereocenters. The van der Waals surface area contributed by atoms with E-state index in [0.717, 1.165) is 21.9 Å². The molecule has 1 N–H and O–H groups in total. The predicted octanol–water partition coefficient (Wildman–Crippen LogP) is 4.92. The molecule has 0 radical (unpaired) electrons. The number of amides is 2. The highest BCUT2D eigenvalue weighted by molar-refractivity contribution is 7.92. The number of rotatable bonds is 13. The molecule has 0 spiro atoms. The maximum Gasteiger partial charge on any atom is 0.264 e. The van der Waals surface area contributed by atoms with Crippen LogP contribution in [0.1, 0.15) is 45.2 Å². The van der Waals surface area contributed by atoms with E-state index < -0.39 is 28.5 Å². The lowest BCUT2D eigenvalue weighted by molar-refractivity contribution is -0.139. The summed E-state index contributed by atoms with van der Waals surface area (Å²) in [6, 6.07) is 21.4. The number of hydrogen-bond donors (Lipinski definition) is 1. The number of sulfonamides is 1. The standard InChI is InChI=1S/C31H39N3O5S/c1-6-24(4)32-31(36)25(5)33(21-26-15-13-23(3)14-16-26)30(35)22-34(27-11-9-8-10-12-27)40(37,38)29-19-17-28(18-20-29)39-7-2/h8-20,24-25H,6-7,21-22H2,1-5H3,(H,32,36)/t24-,25+/m0/s1. The van der Waals surface area contributed by atoms with Crippen molar-refractivity contribution in [2.45, 2.75) is 64.6 Å². The minimum atomic E-state index is -4.13. The van der Waals surface area contributed by atoms with Crippen molar-refractivity contribution in [3.05, 3.63) is 90.0 Å². The van der Waals surface area contributed by atoms with Gasteiger partial charge in [0.05, 0.1) is 17.2 Å². The van der Waals surface area contributed by atoms with Crippen molar-refractivity contribution in [3.8, 4) is 5.75 Å². The van der Waals surface area contributed by atoms with E-state index in [9.17, 15) is 18.0 Å². The van der Waals surface area contributed by atoms with Crippen molar-refractivity contribution in [1.29, 1.82) is 0 Å². The third kappa shape index (κ3) is 7.85. The van der Waals surface area contributed by atoms with Gasteiger partial charge in [0.15, 0.2) is 0 Å². The van der Waals surface area contributed by atoms with Crippen LogP contribution in [-0.4, -0.2) is 50.4 Å². The Bertz CT molecular complexity index is 1360. The van der Waals surface area contributed by atoms with Crippen molar-refractivity contribution in [3.63, 3.8) is 0 Å². The molecule has 214 valence electrons. The van der Waals surface area contributed by atoms with Crippen molar-refractivity contribution in [2.75, 3.05) is 17.5 Å². The van der Waals surface area contributed by atoms with Gasteiger partial charge in [0.25, 0.3) is 10.0 Å². The van der Waals surface area contributed by atoms with Crippen LogP contribution in [0.2, 0.25) is 0 Å². The first-order chi connectivity index (χ1) is 19.1. The van der Waals surface area contributed by atoms with Gasteiger partial charge >= 0.3 is 0 Å². The largest absolute Gasteiger partial charge is 0.494 e.